The van der Waals surface area contributed by atoms with Gasteiger partial charge in [0.2, 0.25) is 5.91 Å². The molecule has 2 amide bonds. The molecule has 25 heavy (non-hydrogen) atoms. The van der Waals surface area contributed by atoms with Gasteiger partial charge in [-0.3, -0.25) is 9.59 Å². The third kappa shape index (κ3) is 4.61. The van der Waals surface area contributed by atoms with Crippen LogP contribution in [0.1, 0.15) is 23.2 Å². The number of carbonyl (C=O) groups excluding carboxylic acids is 2. The Morgan fingerprint density at radius 1 is 1.00 bits per heavy atom. The molecule has 6 heteroatoms. The van der Waals surface area contributed by atoms with E-state index in [9.17, 15) is 9.59 Å². The maximum Gasteiger partial charge on any atom is 0.253 e. The zero-order valence-electron chi connectivity index (χ0n) is 13.5. The van der Waals surface area contributed by atoms with Crippen LogP contribution in [0.25, 0.3) is 0 Å². The van der Waals surface area contributed by atoms with Crippen molar-refractivity contribution in [2.45, 2.75) is 12.8 Å². The SMILES string of the molecule is O=C(Nc1ccc(Cl)cc1)C1CCN(C(=O)c2ccc(Br)cc2)CC1. The summed E-state index contributed by atoms with van der Waals surface area (Å²) < 4.78 is 0.946. The minimum Gasteiger partial charge on any atom is -0.339 e. The molecule has 1 fully saturated rings. The number of amides is 2. The number of rotatable bonds is 3. The Balaban J connectivity index is 1.54. The molecule has 4 nitrogen and oxygen atoms in total. The smallest absolute Gasteiger partial charge is 0.253 e. The first-order chi connectivity index (χ1) is 12.0. The van der Waals surface area contributed by atoms with Crippen LogP contribution in [-0.2, 0) is 4.79 Å². The van der Waals surface area contributed by atoms with Crippen molar-refractivity contribution < 1.29 is 9.59 Å². The lowest BCUT2D eigenvalue weighted by molar-refractivity contribution is -0.121. The van der Waals surface area contributed by atoms with E-state index in [1.165, 1.54) is 0 Å². The molecule has 0 spiro atoms. The Morgan fingerprint density at radius 3 is 2.20 bits per heavy atom. The van der Waals surface area contributed by atoms with Gasteiger partial charge >= 0.3 is 0 Å². The van der Waals surface area contributed by atoms with E-state index in [1.54, 1.807) is 24.3 Å². The first kappa shape index (κ1) is 18.0. The number of nitrogens with one attached hydrogen (secondary N) is 1. The van der Waals surface area contributed by atoms with Crippen molar-refractivity contribution in [1.82, 2.24) is 4.90 Å². The number of carbonyl (C=O) groups is 2. The van der Waals surface area contributed by atoms with Gasteiger partial charge in [0, 0.05) is 39.8 Å². The van der Waals surface area contributed by atoms with Gasteiger partial charge in [-0.05, 0) is 61.4 Å². The maximum atomic E-state index is 12.5. The van der Waals surface area contributed by atoms with Crippen molar-refractivity contribution >= 4 is 45.0 Å². The van der Waals surface area contributed by atoms with E-state index in [-0.39, 0.29) is 17.7 Å². The van der Waals surface area contributed by atoms with Gasteiger partial charge in [-0.15, -0.1) is 0 Å². The molecule has 1 heterocycles. The summed E-state index contributed by atoms with van der Waals surface area (Å²) in [7, 11) is 0. The highest BCUT2D eigenvalue weighted by atomic mass is 79.9. The lowest BCUT2D eigenvalue weighted by Gasteiger charge is -2.31. The third-order valence-corrected chi connectivity index (χ3v) is 5.14. The van der Waals surface area contributed by atoms with Gasteiger partial charge < -0.3 is 10.2 Å². The first-order valence-corrected chi connectivity index (χ1v) is 9.31. The molecule has 0 saturated carbocycles. The second-order valence-corrected chi connectivity index (χ2v) is 7.42. The number of hydrogen-bond acceptors (Lipinski definition) is 2. The standard InChI is InChI=1S/C19H18BrClN2O2/c20-15-3-1-14(2-4-15)19(25)23-11-9-13(10-12-23)18(24)22-17-7-5-16(21)6-8-17/h1-8,13H,9-12H2,(H,22,24). The fourth-order valence-corrected chi connectivity index (χ4v) is 3.29. The summed E-state index contributed by atoms with van der Waals surface area (Å²) >= 11 is 9.22. The van der Waals surface area contributed by atoms with Gasteiger partial charge in [0.05, 0.1) is 0 Å². The van der Waals surface area contributed by atoms with Crippen LogP contribution in [0.4, 0.5) is 5.69 Å². The molecule has 0 atom stereocenters. The van der Waals surface area contributed by atoms with Gasteiger partial charge in [0.25, 0.3) is 5.91 Å². The van der Waals surface area contributed by atoms with Crippen LogP contribution in [0.3, 0.4) is 0 Å². The van der Waals surface area contributed by atoms with Gasteiger partial charge in [0.15, 0.2) is 0 Å². The predicted molar refractivity (Wildman–Crippen MR) is 103 cm³/mol. The van der Waals surface area contributed by atoms with Crippen molar-refractivity contribution in [3.8, 4) is 0 Å². The normalized spacial score (nSPS) is 15.0. The van der Waals surface area contributed by atoms with Crippen LogP contribution in [-0.4, -0.2) is 29.8 Å². The van der Waals surface area contributed by atoms with Crippen LogP contribution in [0.5, 0.6) is 0 Å². The summed E-state index contributed by atoms with van der Waals surface area (Å²) in [6.45, 7) is 1.18. The number of hydrogen-bond donors (Lipinski definition) is 1. The first-order valence-electron chi connectivity index (χ1n) is 8.14. The Morgan fingerprint density at radius 2 is 1.60 bits per heavy atom. The molecular weight excluding hydrogens is 404 g/mol. The topological polar surface area (TPSA) is 49.4 Å². The highest BCUT2D eigenvalue weighted by Crippen LogP contribution is 2.22. The number of halogens is 2. The summed E-state index contributed by atoms with van der Waals surface area (Å²) in [5.74, 6) is -0.0632. The van der Waals surface area contributed by atoms with Crippen LogP contribution in [0.2, 0.25) is 5.02 Å². The number of nitrogens with zero attached hydrogens (tertiary/aromatic N) is 1. The monoisotopic (exact) mass is 420 g/mol. The Bertz CT molecular complexity index is 754. The molecule has 0 aromatic heterocycles. The van der Waals surface area contributed by atoms with E-state index in [2.05, 4.69) is 21.2 Å². The minimum absolute atomic E-state index is 0.00179. The van der Waals surface area contributed by atoms with Gasteiger partial charge in [0.1, 0.15) is 0 Å². The molecule has 3 rings (SSSR count). The van der Waals surface area contributed by atoms with Crippen molar-refractivity contribution in [1.29, 1.82) is 0 Å². The second kappa shape index (κ2) is 8.02. The summed E-state index contributed by atoms with van der Waals surface area (Å²) in [5, 5.41) is 3.55. The lowest BCUT2D eigenvalue weighted by Crippen LogP contribution is -2.41. The van der Waals surface area contributed by atoms with Crippen LogP contribution >= 0.6 is 27.5 Å². The fraction of sp³-hybridized carbons (Fsp3) is 0.263. The molecule has 1 saturated heterocycles. The molecule has 0 bridgehead atoms. The Kier molecular flexibility index (Phi) is 5.76. The fourth-order valence-electron chi connectivity index (χ4n) is 2.90. The van der Waals surface area contributed by atoms with Crippen LogP contribution in [0, 0.1) is 5.92 Å². The second-order valence-electron chi connectivity index (χ2n) is 6.07. The molecule has 1 N–H and O–H groups in total. The summed E-state index contributed by atoms with van der Waals surface area (Å²) in [5.41, 5.74) is 1.41. The van der Waals surface area contributed by atoms with Gasteiger partial charge in [-0.1, -0.05) is 27.5 Å². The molecule has 2 aromatic rings. The maximum absolute atomic E-state index is 12.5. The molecule has 2 aromatic carbocycles. The molecule has 130 valence electrons. The summed E-state index contributed by atoms with van der Waals surface area (Å²) in [4.78, 5) is 26.7. The number of anilines is 1. The van der Waals surface area contributed by atoms with Crippen LogP contribution in [0.15, 0.2) is 53.0 Å². The van der Waals surface area contributed by atoms with E-state index < -0.39 is 0 Å². The lowest BCUT2D eigenvalue weighted by atomic mass is 9.95. The average Bonchev–Trinajstić information content (AvgIpc) is 2.64. The van der Waals surface area contributed by atoms with Gasteiger partial charge in [-0.2, -0.15) is 0 Å². The van der Waals surface area contributed by atoms with E-state index >= 15 is 0 Å². The van der Waals surface area contributed by atoms with Crippen molar-refractivity contribution in [3.63, 3.8) is 0 Å². The number of benzene rings is 2. The Labute approximate surface area is 160 Å². The van der Waals surface area contributed by atoms with Crippen molar-refractivity contribution in [2.75, 3.05) is 18.4 Å². The number of likely N-dealkylation sites (tertiary alicyclic amines) is 1. The highest BCUT2D eigenvalue weighted by molar-refractivity contribution is 9.10. The average molecular weight is 422 g/mol. The zero-order chi connectivity index (χ0) is 17.8. The summed E-state index contributed by atoms with van der Waals surface area (Å²) in [6, 6.07) is 14.4. The number of piperidine rings is 1. The molecule has 0 aliphatic carbocycles. The minimum atomic E-state index is -0.0790. The van der Waals surface area contributed by atoms with Crippen molar-refractivity contribution in [3.05, 3.63) is 63.6 Å². The third-order valence-electron chi connectivity index (χ3n) is 4.36. The van der Waals surface area contributed by atoms with Crippen LogP contribution < -0.4 is 5.32 Å². The Hall–Kier alpha value is -1.85. The predicted octanol–water partition coefficient (Wildman–Crippen LogP) is 4.59. The molecule has 0 radical (unpaired) electrons. The molecular formula is C19H18BrClN2O2. The van der Waals surface area contributed by atoms with E-state index in [4.69, 9.17) is 11.6 Å². The van der Waals surface area contributed by atoms with Gasteiger partial charge in [-0.25, -0.2) is 0 Å². The quantitative estimate of drug-likeness (QED) is 0.788. The highest BCUT2D eigenvalue weighted by Gasteiger charge is 2.27. The molecule has 0 unspecified atom stereocenters. The van der Waals surface area contributed by atoms with E-state index in [0.717, 1.165) is 10.2 Å². The van der Waals surface area contributed by atoms with E-state index in [0.29, 0.717) is 36.5 Å². The summed E-state index contributed by atoms with van der Waals surface area (Å²) in [6.07, 6.45) is 1.34. The van der Waals surface area contributed by atoms with Crippen molar-refractivity contribution in [2.24, 2.45) is 5.92 Å². The molecule has 1 aliphatic rings. The zero-order valence-corrected chi connectivity index (χ0v) is 15.9. The van der Waals surface area contributed by atoms with E-state index in [1.807, 2.05) is 29.2 Å². The largest absolute Gasteiger partial charge is 0.339 e. The molecule has 1 aliphatic heterocycles.